The summed E-state index contributed by atoms with van der Waals surface area (Å²) in [7, 11) is 0. The molecule has 0 aromatic rings. The lowest BCUT2D eigenvalue weighted by molar-refractivity contribution is 0.237. The van der Waals surface area contributed by atoms with Crippen molar-refractivity contribution in [2.24, 2.45) is 10.7 Å². The molecule has 1 unspecified atom stereocenters. The number of aliphatic imine (C=N–C) groups is 1. The largest absolute Gasteiger partial charge is 0.370 e. The highest BCUT2D eigenvalue weighted by Crippen LogP contribution is 2.16. The zero-order chi connectivity index (χ0) is 14.1. The number of guanidine groups is 1. The van der Waals surface area contributed by atoms with Crippen LogP contribution in [-0.4, -0.2) is 42.6 Å². The second kappa shape index (κ2) is 11.6. The quantitative estimate of drug-likeness (QED) is 0.314. The summed E-state index contributed by atoms with van der Waals surface area (Å²) in [5, 5.41) is 3.40. The van der Waals surface area contributed by atoms with Crippen molar-refractivity contribution in [2.45, 2.75) is 71.4 Å². The van der Waals surface area contributed by atoms with Gasteiger partial charge in [0, 0.05) is 12.1 Å². The molecule has 0 aromatic carbocycles. The van der Waals surface area contributed by atoms with E-state index in [4.69, 9.17) is 5.73 Å². The second-order valence-electron chi connectivity index (χ2n) is 5.63. The van der Waals surface area contributed by atoms with E-state index in [0.717, 1.165) is 19.6 Å². The lowest BCUT2D eigenvalue weighted by Gasteiger charge is -2.25. The van der Waals surface area contributed by atoms with Crippen molar-refractivity contribution < 1.29 is 0 Å². The van der Waals surface area contributed by atoms with Crippen LogP contribution in [0.3, 0.4) is 0 Å². The van der Waals surface area contributed by atoms with E-state index in [1.807, 2.05) is 0 Å². The number of halogens is 1. The van der Waals surface area contributed by atoms with Gasteiger partial charge in [-0.1, -0.05) is 39.5 Å². The van der Waals surface area contributed by atoms with Crippen LogP contribution in [0.5, 0.6) is 0 Å². The van der Waals surface area contributed by atoms with Crippen LogP contribution in [0.1, 0.15) is 59.3 Å². The van der Waals surface area contributed by atoms with E-state index in [2.05, 4.69) is 36.0 Å². The third-order valence-corrected chi connectivity index (χ3v) is 4.17. The molecule has 0 saturated heterocycles. The molecule has 1 atom stereocenters. The van der Waals surface area contributed by atoms with Crippen molar-refractivity contribution in [3.05, 3.63) is 0 Å². The molecule has 1 fully saturated rings. The first kappa shape index (κ1) is 20.0. The summed E-state index contributed by atoms with van der Waals surface area (Å²) in [6.07, 6.45) is 7.85. The molecular weight excluding hydrogens is 363 g/mol. The van der Waals surface area contributed by atoms with Crippen molar-refractivity contribution in [3.8, 4) is 0 Å². The van der Waals surface area contributed by atoms with Gasteiger partial charge in [0.2, 0.25) is 0 Å². The van der Waals surface area contributed by atoms with Gasteiger partial charge in [0.1, 0.15) is 0 Å². The molecule has 0 spiro atoms. The van der Waals surface area contributed by atoms with E-state index >= 15 is 0 Å². The molecule has 0 heterocycles. The molecule has 0 aromatic heterocycles. The first-order chi connectivity index (χ1) is 9.17. The summed E-state index contributed by atoms with van der Waals surface area (Å²) in [5.74, 6) is 0.630. The van der Waals surface area contributed by atoms with Crippen LogP contribution in [0.25, 0.3) is 0 Å². The van der Waals surface area contributed by atoms with Gasteiger partial charge < -0.3 is 11.1 Å². The summed E-state index contributed by atoms with van der Waals surface area (Å²) in [4.78, 5) is 6.91. The smallest absolute Gasteiger partial charge is 0.188 e. The predicted octanol–water partition coefficient (Wildman–Crippen LogP) is 2.96. The van der Waals surface area contributed by atoms with Crippen LogP contribution in [0.4, 0.5) is 0 Å². The number of likely N-dealkylation sites (N-methyl/N-ethyl adjacent to an activating group) is 1. The van der Waals surface area contributed by atoms with Crippen molar-refractivity contribution in [1.29, 1.82) is 0 Å². The number of rotatable bonds is 6. The van der Waals surface area contributed by atoms with Crippen molar-refractivity contribution in [3.63, 3.8) is 0 Å². The Morgan fingerprint density at radius 1 is 1.20 bits per heavy atom. The van der Waals surface area contributed by atoms with Crippen LogP contribution in [-0.2, 0) is 0 Å². The van der Waals surface area contributed by atoms with Crippen molar-refractivity contribution >= 4 is 29.9 Å². The number of hydrogen-bond donors (Lipinski definition) is 2. The Hall–Kier alpha value is -0.0400. The number of nitrogens with one attached hydrogen (secondary N) is 1. The molecule has 4 nitrogen and oxygen atoms in total. The Balaban J connectivity index is 0.00000361. The van der Waals surface area contributed by atoms with Gasteiger partial charge >= 0.3 is 0 Å². The molecule has 1 aliphatic rings. The highest BCUT2D eigenvalue weighted by atomic mass is 127. The zero-order valence-electron chi connectivity index (χ0n) is 13.4. The highest BCUT2D eigenvalue weighted by Gasteiger charge is 2.13. The van der Waals surface area contributed by atoms with Gasteiger partial charge in [-0.15, -0.1) is 24.0 Å². The maximum Gasteiger partial charge on any atom is 0.188 e. The minimum absolute atomic E-state index is 0. The minimum Gasteiger partial charge on any atom is -0.370 e. The lowest BCUT2D eigenvalue weighted by Crippen LogP contribution is -2.41. The molecule has 3 N–H and O–H groups in total. The van der Waals surface area contributed by atoms with Gasteiger partial charge in [-0.2, -0.15) is 0 Å². The molecular formula is C15H33IN4. The van der Waals surface area contributed by atoms with Crippen LogP contribution < -0.4 is 11.1 Å². The predicted molar refractivity (Wildman–Crippen MR) is 98.9 cm³/mol. The summed E-state index contributed by atoms with van der Waals surface area (Å²) < 4.78 is 0. The van der Waals surface area contributed by atoms with Crippen LogP contribution >= 0.6 is 24.0 Å². The fourth-order valence-electron chi connectivity index (χ4n) is 2.87. The average molecular weight is 396 g/mol. The molecule has 0 amide bonds. The third kappa shape index (κ3) is 7.67. The Labute approximate surface area is 142 Å². The maximum absolute atomic E-state index is 6.01. The molecule has 0 aliphatic heterocycles. The Morgan fingerprint density at radius 2 is 1.75 bits per heavy atom. The number of nitrogens with zero attached hydrogens (tertiary/aromatic N) is 2. The third-order valence-electron chi connectivity index (χ3n) is 4.17. The monoisotopic (exact) mass is 396 g/mol. The Bertz CT molecular complexity index is 259. The molecule has 1 rings (SSSR count). The van der Waals surface area contributed by atoms with E-state index in [9.17, 15) is 0 Å². The number of nitrogens with two attached hydrogens (primary N) is 1. The number of hydrogen-bond acceptors (Lipinski definition) is 2. The van der Waals surface area contributed by atoms with Gasteiger partial charge in [0.05, 0.1) is 6.54 Å². The minimum atomic E-state index is 0. The van der Waals surface area contributed by atoms with E-state index < -0.39 is 0 Å². The fraction of sp³-hybridized carbons (Fsp3) is 0.933. The Kier molecular flexibility index (Phi) is 11.6. The van der Waals surface area contributed by atoms with Gasteiger partial charge in [-0.05, 0) is 32.9 Å². The van der Waals surface area contributed by atoms with Crippen LogP contribution in [0.15, 0.2) is 4.99 Å². The normalized spacial score (nSPS) is 19.3. The highest BCUT2D eigenvalue weighted by molar-refractivity contribution is 14.0. The van der Waals surface area contributed by atoms with Gasteiger partial charge in [-0.3, -0.25) is 9.89 Å². The van der Waals surface area contributed by atoms with E-state index in [1.165, 1.54) is 38.5 Å². The first-order valence-electron chi connectivity index (χ1n) is 7.97. The van der Waals surface area contributed by atoms with E-state index in [-0.39, 0.29) is 24.0 Å². The second-order valence-corrected chi connectivity index (χ2v) is 5.63. The first-order valence-corrected chi connectivity index (χ1v) is 7.97. The SMILES string of the molecule is CCN(CC)C(C)CN=C(N)NC1CCCCCC1.I. The fourth-order valence-corrected chi connectivity index (χ4v) is 2.87. The van der Waals surface area contributed by atoms with Crippen LogP contribution in [0, 0.1) is 0 Å². The molecule has 1 saturated carbocycles. The zero-order valence-corrected chi connectivity index (χ0v) is 15.7. The van der Waals surface area contributed by atoms with Crippen molar-refractivity contribution in [1.82, 2.24) is 10.2 Å². The summed E-state index contributed by atoms with van der Waals surface area (Å²) >= 11 is 0. The lowest BCUT2D eigenvalue weighted by atomic mass is 10.1. The molecule has 120 valence electrons. The average Bonchev–Trinajstić information content (AvgIpc) is 2.66. The summed E-state index contributed by atoms with van der Waals surface area (Å²) in [6.45, 7) is 9.53. The topological polar surface area (TPSA) is 53.6 Å². The molecule has 1 aliphatic carbocycles. The van der Waals surface area contributed by atoms with E-state index in [1.54, 1.807) is 0 Å². The van der Waals surface area contributed by atoms with E-state index in [0.29, 0.717) is 18.0 Å². The molecule has 20 heavy (non-hydrogen) atoms. The molecule has 5 heteroatoms. The Morgan fingerprint density at radius 3 is 2.25 bits per heavy atom. The standard InChI is InChI=1S/C15H32N4.HI/c1-4-19(5-2)13(3)12-17-15(16)18-14-10-8-6-7-9-11-14;/h13-14H,4-12H2,1-3H3,(H3,16,17,18);1H. The summed E-state index contributed by atoms with van der Waals surface area (Å²) in [5.41, 5.74) is 6.01. The maximum atomic E-state index is 6.01. The summed E-state index contributed by atoms with van der Waals surface area (Å²) in [6, 6.07) is 1.000. The van der Waals surface area contributed by atoms with Crippen molar-refractivity contribution in [2.75, 3.05) is 19.6 Å². The van der Waals surface area contributed by atoms with Gasteiger partial charge in [0.25, 0.3) is 0 Å². The van der Waals surface area contributed by atoms with Gasteiger partial charge in [-0.25, -0.2) is 0 Å². The van der Waals surface area contributed by atoms with Gasteiger partial charge in [0.15, 0.2) is 5.96 Å². The molecule has 0 bridgehead atoms. The molecule has 0 radical (unpaired) electrons. The van der Waals surface area contributed by atoms with Crippen LogP contribution in [0.2, 0.25) is 0 Å².